The number of benzene rings is 1. The Kier molecular flexibility index (Phi) is 4.04. The fourth-order valence-corrected chi connectivity index (χ4v) is 2.76. The Morgan fingerprint density at radius 2 is 2.24 bits per heavy atom. The molecule has 17 heavy (non-hydrogen) atoms. The summed E-state index contributed by atoms with van der Waals surface area (Å²) >= 11 is 2.31. The molecule has 0 bridgehead atoms. The molecule has 0 radical (unpaired) electrons. The Balaban J connectivity index is 2.04. The Hall–Kier alpha value is -0.620. The van der Waals surface area contributed by atoms with Gasteiger partial charge in [-0.3, -0.25) is 4.79 Å². The standard InChI is InChI=1S/C13H16INO2/c1-13(9-14)11(7-8-17-13)15-12(16)10-5-3-2-4-6-10/h2-6,11H,7-9H2,1H3,(H,15,16)/t11-,13+/m1/s1. The van der Waals surface area contributed by atoms with Gasteiger partial charge in [-0.15, -0.1) is 0 Å². The molecule has 0 aromatic heterocycles. The van der Waals surface area contributed by atoms with Crippen LogP contribution in [0.15, 0.2) is 30.3 Å². The first-order chi connectivity index (χ1) is 8.15. The van der Waals surface area contributed by atoms with Gasteiger partial charge in [0, 0.05) is 16.6 Å². The van der Waals surface area contributed by atoms with Gasteiger partial charge in [-0.2, -0.15) is 0 Å². The Labute approximate surface area is 115 Å². The molecule has 1 fully saturated rings. The average molecular weight is 345 g/mol. The maximum atomic E-state index is 12.0. The van der Waals surface area contributed by atoms with E-state index in [1.54, 1.807) is 0 Å². The van der Waals surface area contributed by atoms with E-state index in [9.17, 15) is 4.79 Å². The van der Waals surface area contributed by atoms with Crippen molar-refractivity contribution in [2.75, 3.05) is 11.0 Å². The Morgan fingerprint density at radius 3 is 2.88 bits per heavy atom. The zero-order chi connectivity index (χ0) is 12.3. The van der Waals surface area contributed by atoms with Crippen LogP contribution in [0.1, 0.15) is 23.7 Å². The number of halogens is 1. The minimum absolute atomic E-state index is 0.0165. The molecule has 1 saturated heterocycles. The second-order valence-electron chi connectivity index (χ2n) is 4.48. The summed E-state index contributed by atoms with van der Waals surface area (Å²) in [5.74, 6) is -0.0165. The largest absolute Gasteiger partial charge is 0.372 e. The average Bonchev–Trinajstić information content (AvgIpc) is 2.73. The molecule has 0 spiro atoms. The van der Waals surface area contributed by atoms with Crippen molar-refractivity contribution < 1.29 is 9.53 Å². The van der Waals surface area contributed by atoms with E-state index >= 15 is 0 Å². The van der Waals surface area contributed by atoms with Crippen LogP contribution in [0.2, 0.25) is 0 Å². The number of rotatable bonds is 3. The normalized spacial score (nSPS) is 28.0. The first-order valence-electron chi connectivity index (χ1n) is 5.71. The lowest BCUT2D eigenvalue weighted by Crippen LogP contribution is -2.49. The van der Waals surface area contributed by atoms with E-state index in [2.05, 4.69) is 34.8 Å². The van der Waals surface area contributed by atoms with Crippen molar-refractivity contribution >= 4 is 28.5 Å². The molecule has 0 unspecified atom stereocenters. The summed E-state index contributed by atoms with van der Waals surface area (Å²) in [4.78, 5) is 12.0. The van der Waals surface area contributed by atoms with Crippen LogP contribution in [0.25, 0.3) is 0 Å². The lowest BCUT2D eigenvalue weighted by Gasteiger charge is -2.29. The van der Waals surface area contributed by atoms with Crippen molar-refractivity contribution in [2.24, 2.45) is 0 Å². The summed E-state index contributed by atoms with van der Waals surface area (Å²) in [6.07, 6.45) is 0.887. The van der Waals surface area contributed by atoms with Crippen LogP contribution in [0.3, 0.4) is 0 Å². The molecule has 1 aliphatic rings. The molecule has 1 N–H and O–H groups in total. The number of carbonyl (C=O) groups is 1. The van der Waals surface area contributed by atoms with Crippen LogP contribution in [0, 0.1) is 0 Å². The van der Waals surface area contributed by atoms with Crippen molar-refractivity contribution in [1.29, 1.82) is 0 Å². The molecule has 4 heteroatoms. The highest BCUT2D eigenvalue weighted by atomic mass is 127. The molecular weight excluding hydrogens is 329 g/mol. The van der Waals surface area contributed by atoms with Gasteiger partial charge in [0.1, 0.15) is 0 Å². The van der Waals surface area contributed by atoms with Crippen molar-refractivity contribution in [1.82, 2.24) is 5.32 Å². The fraction of sp³-hybridized carbons (Fsp3) is 0.462. The van der Waals surface area contributed by atoms with E-state index in [0.29, 0.717) is 5.56 Å². The number of ether oxygens (including phenoxy) is 1. The SMILES string of the molecule is C[C@@]1(CI)OCC[C@H]1NC(=O)c1ccccc1. The summed E-state index contributed by atoms with van der Waals surface area (Å²) in [5.41, 5.74) is 0.473. The van der Waals surface area contributed by atoms with E-state index in [1.807, 2.05) is 30.3 Å². The molecular formula is C13H16INO2. The smallest absolute Gasteiger partial charge is 0.251 e. The zero-order valence-corrected chi connectivity index (χ0v) is 11.9. The maximum Gasteiger partial charge on any atom is 0.251 e. The second kappa shape index (κ2) is 5.35. The molecule has 92 valence electrons. The molecule has 0 saturated carbocycles. The third kappa shape index (κ3) is 2.80. The summed E-state index contributed by atoms with van der Waals surface area (Å²) in [6.45, 7) is 2.78. The molecule has 1 aromatic rings. The van der Waals surface area contributed by atoms with Gasteiger partial charge in [-0.1, -0.05) is 40.8 Å². The fourth-order valence-electron chi connectivity index (χ4n) is 2.00. The lowest BCUT2D eigenvalue weighted by atomic mass is 9.98. The monoisotopic (exact) mass is 345 g/mol. The van der Waals surface area contributed by atoms with E-state index in [0.717, 1.165) is 17.5 Å². The van der Waals surface area contributed by atoms with Gasteiger partial charge >= 0.3 is 0 Å². The number of carbonyl (C=O) groups excluding carboxylic acids is 1. The molecule has 2 atom stereocenters. The number of hydrogen-bond donors (Lipinski definition) is 1. The first kappa shape index (κ1) is 12.8. The zero-order valence-electron chi connectivity index (χ0n) is 9.78. The Bertz CT molecular complexity index is 396. The van der Waals surface area contributed by atoms with Crippen molar-refractivity contribution in [3.63, 3.8) is 0 Å². The minimum Gasteiger partial charge on any atom is -0.372 e. The van der Waals surface area contributed by atoms with Gasteiger partial charge in [0.25, 0.3) is 5.91 Å². The summed E-state index contributed by atoms with van der Waals surface area (Å²) < 4.78 is 6.60. The number of nitrogens with one attached hydrogen (secondary N) is 1. The highest BCUT2D eigenvalue weighted by Crippen LogP contribution is 2.28. The third-order valence-electron chi connectivity index (χ3n) is 3.18. The van der Waals surface area contributed by atoms with Crippen molar-refractivity contribution in [2.45, 2.75) is 25.0 Å². The van der Waals surface area contributed by atoms with E-state index in [-0.39, 0.29) is 17.6 Å². The van der Waals surface area contributed by atoms with E-state index in [1.165, 1.54) is 0 Å². The molecule has 1 aromatic carbocycles. The molecule has 0 aliphatic carbocycles. The van der Waals surface area contributed by atoms with Gasteiger partial charge in [0.05, 0.1) is 11.6 Å². The quantitative estimate of drug-likeness (QED) is 0.675. The van der Waals surface area contributed by atoms with Crippen LogP contribution in [0.5, 0.6) is 0 Å². The number of alkyl halides is 1. The predicted molar refractivity (Wildman–Crippen MR) is 75.6 cm³/mol. The van der Waals surface area contributed by atoms with Crippen LogP contribution >= 0.6 is 22.6 Å². The topological polar surface area (TPSA) is 38.3 Å². The second-order valence-corrected chi connectivity index (χ2v) is 5.24. The highest BCUT2D eigenvalue weighted by molar-refractivity contribution is 14.1. The van der Waals surface area contributed by atoms with Crippen molar-refractivity contribution in [3.05, 3.63) is 35.9 Å². The number of hydrogen-bond acceptors (Lipinski definition) is 2. The Morgan fingerprint density at radius 1 is 1.53 bits per heavy atom. The molecule has 3 nitrogen and oxygen atoms in total. The maximum absolute atomic E-state index is 12.0. The number of amides is 1. The van der Waals surface area contributed by atoms with Gasteiger partial charge < -0.3 is 10.1 Å². The van der Waals surface area contributed by atoms with Gasteiger partial charge in [-0.05, 0) is 25.5 Å². The molecule has 1 aliphatic heterocycles. The first-order valence-corrected chi connectivity index (χ1v) is 7.24. The van der Waals surface area contributed by atoms with Crippen LogP contribution < -0.4 is 5.32 Å². The third-order valence-corrected chi connectivity index (χ3v) is 4.70. The van der Waals surface area contributed by atoms with Gasteiger partial charge in [0.2, 0.25) is 0 Å². The highest BCUT2D eigenvalue weighted by Gasteiger charge is 2.40. The molecule has 1 amide bonds. The van der Waals surface area contributed by atoms with Crippen LogP contribution in [-0.2, 0) is 4.74 Å². The van der Waals surface area contributed by atoms with E-state index < -0.39 is 0 Å². The van der Waals surface area contributed by atoms with E-state index in [4.69, 9.17) is 4.74 Å². The lowest BCUT2D eigenvalue weighted by molar-refractivity contribution is 0.0276. The summed E-state index contributed by atoms with van der Waals surface area (Å²) in [7, 11) is 0. The predicted octanol–water partition coefficient (Wildman–Crippen LogP) is 2.40. The molecule has 1 heterocycles. The van der Waals surface area contributed by atoms with Gasteiger partial charge in [-0.25, -0.2) is 0 Å². The summed E-state index contributed by atoms with van der Waals surface area (Å²) in [6, 6.07) is 9.41. The molecule has 2 rings (SSSR count). The van der Waals surface area contributed by atoms with Crippen molar-refractivity contribution in [3.8, 4) is 0 Å². The van der Waals surface area contributed by atoms with Gasteiger partial charge in [0.15, 0.2) is 0 Å². The van der Waals surface area contributed by atoms with Crippen LogP contribution in [-0.4, -0.2) is 28.6 Å². The minimum atomic E-state index is -0.231. The summed E-state index contributed by atoms with van der Waals surface area (Å²) in [5, 5.41) is 3.07. The van der Waals surface area contributed by atoms with Crippen LogP contribution in [0.4, 0.5) is 0 Å².